The molecule has 1 fully saturated rings. The molecule has 2 aromatic carbocycles. The second-order valence-corrected chi connectivity index (χ2v) is 8.65. The fraction of sp³-hybridized carbons (Fsp3) is 0.417. The van der Waals surface area contributed by atoms with Crippen molar-refractivity contribution in [2.45, 2.75) is 51.2 Å². The lowest BCUT2D eigenvalue weighted by Gasteiger charge is -2.36. The molecular weight excluding hydrogens is 382 g/mol. The Hall–Kier alpha value is -3.02. The molecule has 0 spiro atoms. The van der Waals surface area contributed by atoms with Crippen LogP contribution in [0.4, 0.5) is 4.79 Å². The predicted molar refractivity (Wildman–Crippen MR) is 115 cm³/mol. The van der Waals surface area contributed by atoms with Crippen LogP contribution in [0.2, 0.25) is 0 Å². The largest absolute Gasteiger partial charge is 0.496 e. The number of benzene rings is 2. The molecule has 0 aromatic heterocycles. The van der Waals surface area contributed by atoms with E-state index >= 15 is 0 Å². The van der Waals surface area contributed by atoms with Crippen LogP contribution in [0.15, 0.2) is 48.5 Å². The van der Waals surface area contributed by atoms with Crippen LogP contribution < -0.4 is 4.74 Å². The highest BCUT2D eigenvalue weighted by Crippen LogP contribution is 2.36. The summed E-state index contributed by atoms with van der Waals surface area (Å²) in [5.41, 5.74) is 0.709. The Morgan fingerprint density at radius 2 is 1.87 bits per heavy atom. The number of likely N-dealkylation sites (tertiary alicyclic amines) is 1. The number of hydrogen-bond acceptors (Lipinski definition) is 4. The van der Waals surface area contributed by atoms with Gasteiger partial charge in [-0.05, 0) is 50.8 Å². The number of methoxy groups -OCH3 is 1. The maximum Gasteiger partial charge on any atom is 0.411 e. The van der Waals surface area contributed by atoms with Crippen molar-refractivity contribution in [3.05, 3.63) is 54.1 Å². The molecule has 1 aliphatic heterocycles. The third kappa shape index (κ3) is 4.42. The van der Waals surface area contributed by atoms with Crippen molar-refractivity contribution in [3.8, 4) is 16.9 Å². The average molecular weight is 411 g/mol. The van der Waals surface area contributed by atoms with Gasteiger partial charge in [0.15, 0.2) is 0 Å². The highest BCUT2D eigenvalue weighted by atomic mass is 16.6. The minimum Gasteiger partial charge on any atom is -0.496 e. The number of carboxylic acids is 1. The molecule has 0 bridgehead atoms. The molecule has 2 aromatic rings. The third-order valence-electron chi connectivity index (χ3n) is 5.34. The predicted octanol–water partition coefficient (Wildman–Crippen LogP) is 4.76. The number of carbonyl (C=O) groups excluding carboxylic acids is 1. The summed E-state index contributed by atoms with van der Waals surface area (Å²) in [7, 11) is 1.62. The van der Waals surface area contributed by atoms with Crippen LogP contribution in [0, 0.1) is 0 Å². The van der Waals surface area contributed by atoms with Gasteiger partial charge in [0.25, 0.3) is 0 Å². The summed E-state index contributed by atoms with van der Waals surface area (Å²) in [5.74, 6) is -0.257. The maximum atomic E-state index is 12.8. The lowest BCUT2D eigenvalue weighted by molar-refractivity contribution is -0.149. The number of para-hydroxylation sites is 1. The van der Waals surface area contributed by atoms with Crippen molar-refractivity contribution in [1.82, 2.24) is 4.90 Å². The van der Waals surface area contributed by atoms with E-state index in [9.17, 15) is 14.7 Å². The van der Waals surface area contributed by atoms with Crippen LogP contribution in [-0.2, 0) is 16.0 Å². The van der Waals surface area contributed by atoms with Gasteiger partial charge in [-0.3, -0.25) is 4.90 Å². The Bertz CT molecular complexity index is 933. The summed E-state index contributed by atoms with van der Waals surface area (Å²) in [4.78, 5) is 26.5. The van der Waals surface area contributed by atoms with Crippen LogP contribution in [-0.4, -0.2) is 46.9 Å². The van der Waals surface area contributed by atoms with Crippen molar-refractivity contribution in [2.75, 3.05) is 13.7 Å². The third-order valence-corrected chi connectivity index (χ3v) is 5.34. The monoisotopic (exact) mass is 411 g/mol. The fourth-order valence-corrected chi connectivity index (χ4v) is 4.01. The molecule has 1 saturated heterocycles. The molecule has 0 radical (unpaired) electrons. The van der Waals surface area contributed by atoms with Crippen molar-refractivity contribution in [2.24, 2.45) is 0 Å². The van der Waals surface area contributed by atoms with Gasteiger partial charge in [0.2, 0.25) is 0 Å². The number of nitrogens with zero attached hydrogens (tertiary/aromatic N) is 1. The molecule has 3 rings (SSSR count). The molecule has 1 heterocycles. The average Bonchev–Trinajstić information content (AvgIpc) is 3.12. The van der Waals surface area contributed by atoms with E-state index in [1.807, 2.05) is 48.5 Å². The van der Waals surface area contributed by atoms with Gasteiger partial charge in [0, 0.05) is 18.5 Å². The molecule has 1 unspecified atom stereocenters. The molecule has 0 saturated carbocycles. The van der Waals surface area contributed by atoms with Gasteiger partial charge in [0.05, 0.1) is 7.11 Å². The van der Waals surface area contributed by atoms with Crippen LogP contribution in [0.1, 0.15) is 39.2 Å². The molecule has 1 N–H and O–H groups in total. The van der Waals surface area contributed by atoms with E-state index in [4.69, 9.17) is 9.47 Å². The Labute approximate surface area is 177 Å². The number of rotatable bonds is 5. The van der Waals surface area contributed by atoms with Crippen LogP contribution >= 0.6 is 0 Å². The van der Waals surface area contributed by atoms with E-state index in [0.29, 0.717) is 19.4 Å². The molecule has 30 heavy (non-hydrogen) atoms. The van der Waals surface area contributed by atoms with Gasteiger partial charge < -0.3 is 14.6 Å². The summed E-state index contributed by atoms with van der Waals surface area (Å²) >= 11 is 0. The number of hydrogen-bond donors (Lipinski definition) is 1. The first-order chi connectivity index (χ1) is 14.2. The normalized spacial score (nSPS) is 18.9. The quantitative estimate of drug-likeness (QED) is 0.768. The number of carbonyl (C=O) groups is 2. The van der Waals surface area contributed by atoms with Crippen molar-refractivity contribution in [1.29, 1.82) is 0 Å². The van der Waals surface area contributed by atoms with Crippen LogP contribution in [0.5, 0.6) is 5.75 Å². The van der Waals surface area contributed by atoms with Crippen molar-refractivity contribution >= 4 is 12.1 Å². The highest BCUT2D eigenvalue weighted by Gasteiger charge is 2.51. The standard InChI is InChI=1S/C24H29NO5/c1-23(2,3)30-22(28)25-14-8-13-24(25,21(26)27)16-17-9-7-10-18(15-17)19-11-5-6-12-20(19)29-4/h5-7,9-12,15H,8,13-14,16H2,1-4H3,(H,26,27). The second kappa shape index (κ2) is 8.38. The topological polar surface area (TPSA) is 76.1 Å². The summed E-state index contributed by atoms with van der Waals surface area (Å²) in [5, 5.41) is 10.1. The first-order valence-electron chi connectivity index (χ1n) is 10.1. The van der Waals surface area contributed by atoms with Crippen molar-refractivity contribution < 1.29 is 24.2 Å². The van der Waals surface area contributed by atoms with Crippen LogP contribution in [0.3, 0.4) is 0 Å². The van der Waals surface area contributed by atoms with Crippen LogP contribution in [0.25, 0.3) is 11.1 Å². The molecule has 6 heteroatoms. The Kier molecular flexibility index (Phi) is 6.06. The molecule has 1 atom stereocenters. The number of carboxylic acid groups (broad SMARTS) is 1. The minimum absolute atomic E-state index is 0.213. The number of amides is 1. The summed E-state index contributed by atoms with van der Waals surface area (Å²) in [6.07, 6.45) is 0.645. The minimum atomic E-state index is -1.32. The van der Waals surface area contributed by atoms with Gasteiger partial charge >= 0.3 is 12.1 Å². The number of ether oxygens (including phenoxy) is 2. The van der Waals surface area contributed by atoms with E-state index in [1.165, 1.54) is 4.90 Å². The van der Waals surface area contributed by atoms with Gasteiger partial charge in [-0.2, -0.15) is 0 Å². The molecule has 0 aliphatic carbocycles. The zero-order valence-corrected chi connectivity index (χ0v) is 18.0. The van der Waals surface area contributed by atoms with E-state index < -0.39 is 23.2 Å². The summed E-state index contributed by atoms with van der Waals surface area (Å²) in [6, 6.07) is 15.4. The van der Waals surface area contributed by atoms with Gasteiger partial charge in [0.1, 0.15) is 16.9 Å². The lowest BCUT2D eigenvalue weighted by Crippen LogP contribution is -2.55. The Balaban J connectivity index is 1.94. The molecule has 1 aliphatic rings. The van der Waals surface area contributed by atoms with Crippen molar-refractivity contribution in [3.63, 3.8) is 0 Å². The first-order valence-corrected chi connectivity index (χ1v) is 10.1. The molecule has 6 nitrogen and oxygen atoms in total. The zero-order valence-electron chi connectivity index (χ0n) is 18.0. The first kappa shape index (κ1) is 21.7. The molecule has 160 valence electrons. The highest BCUT2D eigenvalue weighted by molar-refractivity contribution is 5.86. The van der Waals surface area contributed by atoms with Gasteiger partial charge in [-0.15, -0.1) is 0 Å². The summed E-state index contributed by atoms with van der Waals surface area (Å²) in [6.45, 7) is 5.70. The molecular formula is C24H29NO5. The summed E-state index contributed by atoms with van der Waals surface area (Å²) < 4.78 is 11.0. The van der Waals surface area contributed by atoms with Gasteiger partial charge in [-0.1, -0.05) is 42.5 Å². The van der Waals surface area contributed by atoms with E-state index in [2.05, 4.69) is 0 Å². The SMILES string of the molecule is COc1ccccc1-c1cccc(CC2(C(=O)O)CCCN2C(=O)OC(C)(C)C)c1. The lowest BCUT2D eigenvalue weighted by atomic mass is 9.87. The van der Waals surface area contributed by atoms with E-state index in [1.54, 1.807) is 27.9 Å². The van der Waals surface area contributed by atoms with Gasteiger partial charge in [-0.25, -0.2) is 9.59 Å². The fourth-order valence-electron chi connectivity index (χ4n) is 4.01. The zero-order chi connectivity index (χ0) is 21.9. The Morgan fingerprint density at radius 3 is 2.53 bits per heavy atom. The second-order valence-electron chi connectivity index (χ2n) is 8.65. The Morgan fingerprint density at radius 1 is 1.13 bits per heavy atom. The van der Waals surface area contributed by atoms with E-state index in [-0.39, 0.29) is 6.42 Å². The molecule has 1 amide bonds. The number of aliphatic carboxylic acids is 1. The smallest absolute Gasteiger partial charge is 0.411 e. The van der Waals surface area contributed by atoms with E-state index in [0.717, 1.165) is 22.4 Å². The maximum absolute atomic E-state index is 12.8.